The predicted octanol–water partition coefficient (Wildman–Crippen LogP) is -0.131. The second kappa shape index (κ2) is 4.20. The molecule has 0 spiro atoms. The molecule has 1 aromatic carbocycles. The van der Waals surface area contributed by atoms with Gasteiger partial charge in [0.1, 0.15) is 5.78 Å². The van der Waals surface area contributed by atoms with Gasteiger partial charge in [-0.1, -0.05) is 6.07 Å². The molecule has 0 radical (unpaired) electrons. The molecule has 96 valence electrons. The van der Waals surface area contributed by atoms with Crippen LogP contribution in [0.3, 0.4) is 0 Å². The summed E-state index contributed by atoms with van der Waals surface area (Å²) in [5, 5.41) is 2.83. The van der Waals surface area contributed by atoms with Crippen molar-refractivity contribution in [2.24, 2.45) is 0 Å². The van der Waals surface area contributed by atoms with E-state index < -0.39 is 11.4 Å². The highest BCUT2D eigenvalue weighted by Gasteiger charge is 2.18. The Bertz CT molecular complexity index is 747. The quantitative estimate of drug-likeness (QED) is 0.695. The molecule has 0 saturated carbocycles. The molecule has 0 saturated heterocycles. The van der Waals surface area contributed by atoms with Gasteiger partial charge in [0.05, 0.1) is 0 Å². The highest BCUT2D eigenvalue weighted by atomic mass is 16.2. The molecule has 0 fully saturated rings. The van der Waals surface area contributed by atoms with Crippen LogP contribution in [0.2, 0.25) is 0 Å². The van der Waals surface area contributed by atoms with Crippen LogP contribution in [0.4, 0.5) is 11.6 Å². The number of nitrogens with one attached hydrogen (secondary N) is 3. The number of nitrogens with zero attached hydrogens (tertiary/aromatic N) is 1. The largest absolute Gasteiger partial charge is 0.352 e. The average Bonchev–Trinajstić information content (AvgIpc) is 2.67. The van der Waals surface area contributed by atoms with E-state index >= 15 is 0 Å². The maximum atomic E-state index is 11.3. The van der Waals surface area contributed by atoms with Crippen LogP contribution in [0.1, 0.15) is 11.1 Å². The first-order chi connectivity index (χ1) is 9.10. The fourth-order valence-corrected chi connectivity index (χ4v) is 2.12. The van der Waals surface area contributed by atoms with Crippen molar-refractivity contribution < 1.29 is 4.79 Å². The SMILES string of the molecule is O=C1Cc2ccc(Nc3nc(=O)[nH]c(=O)[nH]3)cc2C1. The Hall–Kier alpha value is -2.70. The Morgan fingerprint density at radius 2 is 1.84 bits per heavy atom. The Labute approximate surface area is 106 Å². The van der Waals surface area contributed by atoms with E-state index in [4.69, 9.17) is 0 Å². The molecule has 3 N–H and O–H groups in total. The summed E-state index contributed by atoms with van der Waals surface area (Å²) in [5.41, 5.74) is 1.30. The lowest BCUT2D eigenvalue weighted by Crippen LogP contribution is -2.25. The van der Waals surface area contributed by atoms with Gasteiger partial charge in [0.2, 0.25) is 5.95 Å². The van der Waals surface area contributed by atoms with E-state index in [0.717, 1.165) is 11.1 Å². The van der Waals surface area contributed by atoms with Crippen LogP contribution in [0.15, 0.2) is 27.8 Å². The number of aromatic nitrogens is 3. The van der Waals surface area contributed by atoms with Crippen molar-refractivity contribution in [1.29, 1.82) is 0 Å². The first-order valence-corrected chi connectivity index (χ1v) is 5.71. The Morgan fingerprint density at radius 1 is 1.05 bits per heavy atom. The maximum Gasteiger partial charge on any atom is 0.352 e. The summed E-state index contributed by atoms with van der Waals surface area (Å²) in [7, 11) is 0. The van der Waals surface area contributed by atoms with Crippen molar-refractivity contribution in [2.45, 2.75) is 12.8 Å². The van der Waals surface area contributed by atoms with Gasteiger partial charge in [-0.2, -0.15) is 4.98 Å². The Morgan fingerprint density at radius 3 is 2.63 bits per heavy atom. The van der Waals surface area contributed by atoms with Crippen LogP contribution in [0.25, 0.3) is 0 Å². The molecule has 0 unspecified atom stereocenters. The number of ketones is 1. The predicted molar refractivity (Wildman–Crippen MR) is 67.6 cm³/mol. The number of carbonyl (C=O) groups is 1. The summed E-state index contributed by atoms with van der Waals surface area (Å²) in [6.45, 7) is 0. The van der Waals surface area contributed by atoms with E-state index in [-0.39, 0.29) is 11.7 Å². The normalized spacial score (nSPS) is 13.4. The van der Waals surface area contributed by atoms with Gasteiger partial charge in [0.15, 0.2) is 0 Å². The number of aromatic amines is 2. The zero-order chi connectivity index (χ0) is 13.4. The molecule has 19 heavy (non-hydrogen) atoms. The van der Waals surface area contributed by atoms with Crippen LogP contribution in [0.5, 0.6) is 0 Å². The number of anilines is 2. The number of carbonyl (C=O) groups excluding carboxylic acids is 1. The fourth-order valence-electron chi connectivity index (χ4n) is 2.12. The first kappa shape index (κ1) is 11.4. The third-order valence-electron chi connectivity index (χ3n) is 2.91. The molecule has 0 bridgehead atoms. The van der Waals surface area contributed by atoms with Crippen LogP contribution in [-0.2, 0) is 17.6 Å². The van der Waals surface area contributed by atoms with Crippen LogP contribution >= 0.6 is 0 Å². The smallest absolute Gasteiger partial charge is 0.326 e. The van der Waals surface area contributed by atoms with Gasteiger partial charge in [-0.05, 0) is 23.3 Å². The molecule has 1 aliphatic rings. The van der Waals surface area contributed by atoms with Crippen molar-refractivity contribution in [3.8, 4) is 0 Å². The van der Waals surface area contributed by atoms with Crippen LogP contribution in [0, 0.1) is 0 Å². The van der Waals surface area contributed by atoms with E-state index in [0.29, 0.717) is 18.5 Å². The monoisotopic (exact) mass is 258 g/mol. The molecule has 0 amide bonds. The second-order valence-electron chi connectivity index (χ2n) is 4.35. The van der Waals surface area contributed by atoms with E-state index in [1.807, 2.05) is 17.1 Å². The second-order valence-corrected chi connectivity index (χ2v) is 4.35. The van der Waals surface area contributed by atoms with Gasteiger partial charge in [0, 0.05) is 18.5 Å². The molecule has 7 nitrogen and oxygen atoms in total. The fraction of sp³-hybridized carbons (Fsp3) is 0.167. The van der Waals surface area contributed by atoms with Gasteiger partial charge < -0.3 is 5.32 Å². The molecule has 2 aromatic rings. The molecule has 1 aliphatic carbocycles. The zero-order valence-corrected chi connectivity index (χ0v) is 9.82. The first-order valence-electron chi connectivity index (χ1n) is 5.71. The average molecular weight is 258 g/mol. The number of hydrogen-bond acceptors (Lipinski definition) is 5. The highest BCUT2D eigenvalue weighted by Crippen LogP contribution is 2.24. The van der Waals surface area contributed by atoms with Crippen molar-refractivity contribution in [2.75, 3.05) is 5.32 Å². The number of H-pyrrole nitrogens is 2. The van der Waals surface area contributed by atoms with Gasteiger partial charge in [0.25, 0.3) is 0 Å². The summed E-state index contributed by atoms with van der Waals surface area (Å²) < 4.78 is 0. The number of rotatable bonds is 2. The molecule has 0 aliphatic heterocycles. The Balaban J connectivity index is 1.92. The maximum absolute atomic E-state index is 11.3. The van der Waals surface area contributed by atoms with Crippen LogP contribution < -0.4 is 16.7 Å². The number of hydrogen-bond donors (Lipinski definition) is 3. The molecule has 3 rings (SSSR count). The zero-order valence-electron chi connectivity index (χ0n) is 9.82. The lowest BCUT2D eigenvalue weighted by molar-refractivity contribution is -0.117. The lowest BCUT2D eigenvalue weighted by Gasteiger charge is -2.06. The Kier molecular flexibility index (Phi) is 2.52. The van der Waals surface area contributed by atoms with E-state index in [1.54, 1.807) is 6.07 Å². The standard InChI is InChI=1S/C12H10N4O3/c17-9-4-6-1-2-8(3-7(6)5-9)13-10-14-11(18)16-12(19)15-10/h1-3H,4-5H2,(H3,13,14,15,16,18,19). The summed E-state index contributed by atoms with van der Waals surface area (Å²) >= 11 is 0. The number of fused-ring (bicyclic) bond motifs is 1. The minimum Gasteiger partial charge on any atom is -0.326 e. The summed E-state index contributed by atoms with van der Waals surface area (Å²) in [6.07, 6.45) is 0.889. The third-order valence-corrected chi connectivity index (χ3v) is 2.91. The lowest BCUT2D eigenvalue weighted by atomic mass is 10.1. The van der Waals surface area contributed by atoms with Gasteiger partial charge in [-0.25, -0.2) is 9.59 Å². The molecule has 7 heteroatoms. The molecular weight excluding hydrogens is 248 g/mol. The van der Waals surface area contributed by atoms with Gasteiger partial charge in [-0.15, -0.1) is 0 Å². The van der Waals surface area contributed by atoms with Crippen molar-refractivity contribution in [3.63, 3.8) is 0 Å². The number of Topliss-reactive ketones (excluding diaryl/α,β-unsaturated/α-hetero) is 1. The number of benzene rings is 1. The van der Waals surface area contributed by atoms with Gasteiger partial charge >= 0.3 is 11.4 Å². The topological polar surface area (TPSA) is 108 Å². The minimum absolute atomic E-state index is 0.0676. The molecule has 1 heterocycles. The van der Waals surface area contributed by atoms with E-state index in [1.165, 1.54) is 0 Å². The van der Waals surface area contributed by atoms with Crippen LogP contribution in [-0.4, -0.2) is 20.7 Å². The summed E-state index contributed by atoms with van der Waals surface area (Å²) in [6, 6.07) is 5.45. The van der Waals surface area contributed by atoms with E-state index in [2.05, 4.69) is 15.3 Å². The summed E-state index contributed by atoms with van der Waals surface area (Å²) in [5.74, 6) is 0.257. The van der Waals surface area contributed by atoms with Crippen molar-refractivity contribution in [1.82, 2.24) is 15.0 Å². The van der Waals surface area contributed by atoms with Crippen molar-refractivity contribution in [3.05, 3.63) is 50.3 Å². The van der Waals surface area contributed by atoms with E-state index in [9.17, 15) is 14.4 Å². The third kappa shape index (κ3) is 2.30. The minimum atomic E-state index is -0.720. The van der Waals surface area contributed by atoms with Gasteiger partial charge in [-0.3, -0.25) is 14.8 Å². The molecular formula is C12H10N4O3. The molecule has 1 aromatic heterocycles. The highest BCUT2D eigenvalue weighted by molar-refractivity contribution is 5.88. The summed E-state index contributed by atoms with van der Waals surface area (Å²) in [4.78, 5) is 41.4. The van der Waals surface area contributed by atoms with Crippen molar-refractivity contribution >= 4 is 17.4 Å². The molecule has 0 atom stereocenters.